The van der Waals surface area contributed by atoms with E-state index in [2.05, 4.69) is 0 Å². The van der Waals surface area contributed by atoms with Crippen LogP contribution >= 0.6 is 0 Å². The first-order valence-corrected chi connectivity index (χ1v) is 5.21. The second kappa shape index (κ2) is 2.92. The van der Waals surface area contributed by atoms with Gasteiger partial charge in [-0.25, -0.2) is 0 Å². The Balaban J connectivity index is 1.74. The van der Waals surface area contributed by atoms with Crippen LogP contribution in [0, 0.1) is 5.92 Å². The van der Waals surface area contributed by atoms with Gasteiger partial charge in [0.1, 0.15) is 6.10 Å². The summed E-state index contributed by atoms with van der Waals surface area (Å²) in [4.78, 5) is 0. The highest BCUT2D eigenvalue weighted by Gasteiger charge is 2.53. The first-order chi connectivity index (χ1) is 6.66. The Kier molecular flexibility index (Phi) is 1.89. The van der Waals surface area contributed by atoms with Crippen LogP contribution in [-0.4, -0.2) is 43.9 Å². The summed E-state index contributed by atoms with van der Waals surface area (Å²) in [6.45, 7) is 5.89. The Bertz CT molecular complexity index is 240. The van der Waals surface area contributed by atoms with Crippen molar-refractivity contribution in [1.29, 1.82) is 0 Å². The summed E-state index contributed by atoms with van der Waals surface area (Å²) in [6, 6.07) is 0. The molecule has 0 spiro atoms. The zero-order valence-electron chi connectivity index (χ0n) is 8.56. The van der Waals surface area contributed by atoms with Gasteiger partial charge >= 0.3 is 0 Å². The van der Waals surface area contributed by atoms with Crippen molar-refractivity contribution in [2.45, 2.75) is 37.9 Å². The monoisotopic (exact) mass is 200 g/mol. The molecule has 2 unspecified atom stereocenters. The molecular formula is C10H16O4. The molecule has 0 amide bonds. The molecule has 0 N–H and O–H groups in total. The largest absolute Gasteiger partial charge is 0.373 e. The van der Waals surface area contributed by atoms with Crippen molar-refractivity contribution in [3.63, 3.8) is 0 Å². The second-order valence-corrected chi connectivity index (χ2v) is 4.70. The third kappa shape index (κ3) is 1.46. The quantitative estimate of drug-likeness (QED) is 0.535. The molecule has 0 bridgehead atoms. The Labute approximate surface area is 83.5 Å². The second-order valence-electron chi connectivity index (χ2n) is 4.70. The minimum Gasteiger partial charge on any atom is -0.373 e. The van der Waals surface area contributed by atoms with E-state index in [-0.39, 0.29) is 6.10 Å². The lowest BCUT2D eigenvalue weighted by molar-refractivity contribution is -0.205. The van der Waals surface area contributed by atoms with E-state index in [1.165, 1.54) is 0 Å². The van der Waals surface area contributed by atoms with Gasteiger partial charge in [-0.1, -0.05) is 0 Å². The number of hydrogen-bond donors (Lipinski definition) is 0. The highest BCUT2D eigenvalue weighted by Crippen LogP contribution is 2.39. The molecular weight excluding hydrogens is 184 g/mol. The van der Waals surface area contributed by atoms with Crippen LogP contribution in [0.15, 0.2) is 0 Å². The van der Waals surface area contributed by atoms with Crippen LogP contribution in [0.3, 0.4) is 0 Å². The van der Waals surface area contributed by atoms with Crippen molar-refractivity contribution in [1.82, 2.24) is 0 Å². The summed E-state index contributed by atoms with van der Waals surface area (Å²) >= 11 is 0. The molecule has 4 heteroatoms. The standard InChI is InChI=1S/C10H16O4/c1-10(2)12-3-6-7(5-13-10)11-4-8-9(6)14-8/h6-9H,3-5H2,1-2H3/t6-,7-,8?,9?/m1/s1. The lowest BCUT2D eigenvalue weighted by atomic mass is 9.95. The molecule has 0 aliphatic carbocycles. The number of fused-ring (bicyclic) bond motifs is 3. The lowest BCUT2D eigenvalue weighted by Crippen LogP contribution is -2.39. The summed E-state index contributed by atoms with van der Waals surface area (Å²) in [5, 5.41) is 0. The van der Waals surface area contributed by atoms with Gasteiger partial charge in [0.05, 0.1) is 32.0 Å². The first-order valence-electron chi connectivity index (χ1n) is 5.21. The highest BCUT2D eigenvalue weighted by atomic mass is 16.7. The number of hydrogen-bond acceptors (Lipinski definition) is 4. The molecule has 0 saturated carbocycles. The fraction of sp³-hybridized carbons (Fsp3) is 1.00. The van der Waals surface area contributed by atoms with E-state index in [0.717, 1.165) is 6.61 Å². The molecule has 4 atom stereocenters. The summed E-state index contributed by atoms with van der Waals surface area (Å²) in [5.74, 6) is -0.124. The van der Waals surface area contributed by atoms with Gasteiger partial charge < -0.3 is 18.9 Å². The maximum atomic E-state index is 5.68. The first kappa shape index (κ1) is 9.09. The van der Waals surface area contributed by atoms with Gasteiger partial charge in [0, 0.05) is 5.92 Å². The molecule has 3 aliphatic rings. The van der Waals surface area contributed by atoms with E-state index in [9.17, 15) is 0 Å². The van der Waals surface area contributed by atoms with Crippen molar-refractivity contribution in [2.75, 3.05) is 19.8 Å². The fourth-order valence-electron chi connectivity index (χ4n) is 2.22. The molecule has 0 aromatic heterocycles. The van der Waals surface area contributed by atoms with Crippen LogP contribution in [-0.2, 0) is 18.9 Å². The zero-order valence-corrected chi connectivity index (χ0v) is 8.56. The van der Waals surface area contributed by atoms with Gasteiger partial charge in [0.15, 0.2) is 5.79 Å². The van der Waals surface area contributed by atoms with Crippen LogP contribution in [0.5, 0.6) is 0 Å². The minimum atomic E-state index is -0.481. The summed E-state index contributed by atoms with van der Waals surface area (Å²) in [7, 11) is 0. The van der Waals surface area contributed by atoms with Gasteiger partial charge in [-0.2, -0.15) is 0 Å². The molecule has 80 valence electrons. The maximum absolute atomic E-state index is 5.68. The van der Waals surface area contributed by atoms with Gasteiger partial charge in [0.25, 0.3) is 0 Å². The SMILES string of the molecule is CC1(C)OC[C@H]2OCC3OC3[C@@H]2CO1. The van der Waals surface area contributed by atoms with E-state index in [4.69, 9.17) is 18.9 Å². The fourth-order valence-corrected chi connectivity index (χ4v) is 2.22. The number of rotatable bonds is 0. The van der Waals surface area contributed by atoms with E-state index in [1.54, 1.807) is 0 Å². The maximum Gasteiger partial charge on any atom is 0.162 e. The summed E-state index contributed by atoms with van der Waals surface area (Å²) in [5.41, 5.74) is 0. The Hall–Kier alpha value is -0.160. The topological polar surface area (TPSA) is 40.2 Å². The number of epoxide rings is 1. The predicted molar refractivity (Wildman–Crippen MR) is 47.9 cm³/mol. The van der Waals surface area contributed by atoms with Crippen LogP contribution in [0.25, 0.3) is 0 Å². The molecule has 14 heavy (non-hydrogen) atoms. The van der Waals surface area contributed by atoms with Crippen molar-refractivity contribution < 1.29 is 18.9 Å². The normalized spacial score (nSPS) is 50.1. The Morgan fingerprint density at radius 3 is 2.64 bits per heavy atom. The molecule has 3 rings (SSSR count). The average Bonchev–Trinajstić information content (AvgIpc) is 2.89. The summed E-state index contributed by atoms with van der Waals surface area (Å²) in [6.07, 6.45) is 0.827. The average molecular weight is 200 g/mol. The smallest absolute Gasteiger partial charge is 0.162 e. The molecule has 0 aromatic rings. The van der Waals surface area contributed by atoms with Gasteiger partial charge in [-0.15, -0.1) is 0 Å². The van der Waals surface area contributed by atoms with E-state index in [0.29, 0.717) is 31.3 Å². The molecule has 3 heterocycles. The van der Waals surface area contributed by atoms with E-state index in [1.807, 2.05) is 13.8 Å². The predicted octanol–water partition coefficient (Wildman–Crippen LogP) is 0.552. The van der Waals surface area contributed by atoms with Crippen LogP contribution in [0.4, 0.5) is 0 Å². The Morgan fingerprint density at radius 1 is 1.00 bits per heavy atom. The Morgan fingerprint density at radius 2 is 1.79 bits per heavy atom. The van der Waals surface area contributed by atoms with E-state index >= 15 is 0 Å². The zero-order chi connectivity index (χ0) is 9.76. The molecule has 0 radical (unpaired) electrons. The van der Waals surface area contributed by atoms with Crippen molar-refractivity contribution in [3.8, 4) is 0 Å². The molecule has 3 aliphatic heterocycles. The van der Waals surface area contributed by atoms with Gasteiger partial charge in [-0.05, 0) is 13.8 Å². The van der Waals surface area contributed by atoms with Gasteiger partial charge in [-0.3, -0.25) is 0 Å². The summed E-state index contributed by atoms with van der Waals surface area (Å²) < 4.78 is 22.5. The van der Waals surface area contributed by atoms with Crippen LogP contribution in [0.2, 0.25) is 0 Å². The number of ether oxygens (including phenoxy) is 4. The van der Waals surface area contributed by atoms with Crippen LogP contribution in [0.1, 0.15) is 13.8 Å². The minimum absolute atomic E-state index is 0.153. The van der Waals surface area contributed by atoms with E-state index < -0.39 is 5.79 Å². The third-order valence-electron chi connectivity index (χ3n) is 3.21. The lowest BCUT2D eigenvalue weighted by Gasteiger charge is -2.25. The van der Waals surface area contributed by atoms with Crippen molar-refractivity contribution in [3.05, 3.63) is 0 Å². The molecule has 3 fully saturated rings. The molecule has 3 saturated heterocycles. The molecule has 4 nitrogen and oxygen atoms in total. The van der Waals surface area contributed by atoms with Crippen molar-refractivity contribution >= 4 is 0 Å². The van der Waals surface area contributed by atoms with Gasteiger partial charge in [0.2, 0.25) is 0 Å². The van der Waals surface area contributed by atoms with Crippen LogP contribution < -0.4 is 0 Å². The third-order valence-corrected chi connectivity index (χ3v) is 3.21. The van der Waals surface area contributed by atoms with Crippen molar-refractivity contribution in [2.24, 2.45) is 5.92 Å². The highest BCUT2D eigenvalue weighted by molar-refractivity contribution is 4.98. The molecule has 0 aromatic carbocycles.